The van der Waals surface area contributed by atoms with E-state index in [0.29, 0.717) is 0 Å². The van der Waals surface area contributed by atoms with E-state index in [4.69, 9.17) is 0 Å². The second-order valence-electron chi connectivity index (χ2n) is 1.86. The number of hydrogen-bond acceptors (Lipinski definition) is 1. The molecule has 2 heteroatoms. The van der Waals surface area contributed by atoms with E-state index in [1.807, 2.05) is 12.1 Å². The van der Waals surface area contributed by atoms with Gasteiger partial charge < -0.3 is 6.15 Å². The fourth-order valence-corrected chi connectivity index (χ4v) is 0.794. The third-order valence-electron chi connectivity index (χ3n) is 1.19. The second kappa shape index (κ2) is 3.60. The average molecular weight is 141 g/mol. The molecular formula is C7H12NP. The number of hydrogen-bond donors (Lipinski definition) is 1. The van der Waals surface area contributed by atoms with Crippen LogP contribution in [0.15, 0.2) is 24.3 Å². The molecule has 0 aliphatic carbocycles. The number of aryl methyl sites for hydroxylation is 1. The molecule has 0 radical (unpaired) electrons. The van der Waals surface area contributed by atoms with Crippen LogP contribution in [0.3, 0.4) is 0 Å². The summed E-state index contributed by atoms with van der Waals surface area (Å²) in [7, 11) is 2.69. The SMILES string of the molecule is Cc1ccccc1P.N. The van der Waals surface area contributed by atoms with Gasteiger partial charge in [0.1, 0.15) is 0 Å². The molecule has 0 saturated heterocycles. The van der Waals surface area contributed by atoms with Crippen molar-refractivity contribution < 1.29 is 0 Å². The van der Waals surface area contributed by atoms with Crippen molar-refractivity contribution in [2.75, 3.05) is 0 Å². The van der Waals surface area contributed by atoms with Crippen molar-refractivity contribution in [2.24, 2.45) is 0 Å². The Balaban J connectivity index is 0.000000640. The van der Waals surface area contributed by atoms with Crippen molar-refractivity contribution in [1.29, 1.82) is 0 Å². The largest absolute Gasteiger partial charge is 0.344 e. The Morgan fingerprint density at radius 2 is 1.78 bits per heavy atom. The fraction of sp³-hybridized carbons (Fsp3) is 0.143. The van der Waals surface area contributed by atoms with Gasteiger partial charge in [0.05, 0.1) is 0 Å². The molecule has 0 aromatic heterocycles. The molecule has 0 heterocycles. The minimum atomic E-state index is 0. The summed E-state index contributed by atoms with van der Waals surface area (Å²) in [5.41, 5.74) is 1.33. The van der Waals surface area contributed by atoms with Gasteiger partial charge >= 0.3 is 0 Å². The lowest BCUT2D eigenvalue weighted by molar-refractivity contribution is 1.52. The zero-order valence-electron chi connectivity index (χ0n) is 5.59. The summed E-state index contributed by atoms with van der Waals surface area (Å²) in [6.45, 7) is 2.10. The molecule has 1 nitrogen and oxygen atoms in total. The van der Waals surface area contributed by atoms with Crippen LogP contribution < -0.4 is 11.5 Å². The van der Waals surface area contributed by atoms with Crippen molar-refractivity contribution in [3.05, 3.63) is 29.8 Å². The summed E-state index contributed by atoms with van der Waals surface area (Å²) in [5.74, 6) is 0. The minimum absolute atomic E-state index is 0. The van der Waals surface area contributed by atoms with Crippen molar-refractivity contribution in [3.63, 3.8) is 0 Å². The summed E-state index contributed by atoms with van der Waals surface area (Å²) in [6.07, 6.45) is 0. The van der Waals surface area contributed by atoms with Crippen LogP contribution in [0.2, 0.25) is 0 Å². The third-order valence-corrected chi connectivity index (χ3v) is 1.84. The Morgan fingerprint density at radius 3 is 2.11 bits per heavy atom. The first-order valence-corrected chi connectivity index (χ1v) is 3.19. The monoisotopic (exact) mass is 141 g/mol. The van der Waals surface area contributed by atoms with E-state index in [-0.39, 0.29) is 6.15 Å². The molecule has 9 heavy (non-hydrogen) atoms. The van der Waals surface area contributed by atoms with Gasteiger partial charge in [0.25, 0.3) is 0 Å². The van der Waals surface area contributed by atoms with Gasteiger partial charge in [0, 0.05) is 0 Å². The van der Waals surface area contributed by atoms with E-state index < -0.39 is 0 Å². The highest BCUT2D eigenvalue weighted by Crippen LogP contribution is 1.96. The van der Waals surface area contributed by atoms with Crippen LogP contribution in [0, 0.1) is 6.92 Å². The topological polar surface area (TPSA) is 35.0 Å². The zero-order valence-corrected chi connectivity index (χ0v) is 6.75. The van der Waals surface area contributed by atoms with Crippen molar-refractivity contribution in [2.45, 2.75) is 6.92 Å². The first kappa shape index (κ1) is 8.61. The average Bonchev–Trinajstić information content (AvgIpc) is 1.77. The van der Waals surface area contributed by atoms with Gasteiger partial charge in [0.2, 0.25) is 0 Å². The van der Waals surface area contributed by atoms with Crippen LogP contribution in [0.25, 0.3) is 0 Å². The maximum Gasteiger partial charge on any atom is -0.0274 e. The van der Waals surface area contributed by atoms with Crippen LogP contribution in [0.5, 0.6) is 0 Å². The molecule has 0 amide bonds. The highest BCUT2D eigenvalue weighted by atomic mass is 31.0. The molecule has 3 N–H and O–H groups in total. The molecule has 1 rings (SSSR count). The molecule has 0 bridgehead atoms. The van der Waals surface area contributed by atoms with Crippen LogP contribution in [0.4, 0.5) is 0 Å². The normalized spacial score (nSPS) is 8.22. The summed E-state index contributed by atoms with van der Waals surface area (Å²) < 4.78 is 0. The first-order valence-electron chi connectivity index (χ1n) is 2.62. The summed E-state index contributed by atoms with van der Waals surface area (Å²) >= 11 is 0. The summed E-state index contributed by atoms with van der Waals surface area (Å²) in [4.78, 5) is 0. The molecule has 0 saturated carbocycles. The van der Waals surface area contributed by atoms with E-state index in [9.17, 15) is 0 Å². The van der Waals surface area contributed by atoms with Gasteiger partial charge in [-0.15, -0.1) is 9.24 Å². The summed E-state index contributed by atoms with van der Waals surface area (Å²) in [6, 6.07) is 8.26. The predicted molar refractivity (Wildman–Crippen MR) is 45.5 cm³/mol. The van der Waals surface area contributed by atoms with Gasteiger partial charge in [-0.3, -0.25) is 0 Å². The molecule has 0 spiro atoms. The minimum Gasteiger partial charge on any atom is -0.344 e. The smallest absolute Gasteiger partial charge is 0.0274 e. The van der Waals surface area contributed by atoms with Gasteiger partial charge in [-0.2, -0.15) is 0 Å². The lowest BCUT2D eigenvalue weighted by atomic mass is 10.2. The molecule has 1 aromatic carbocycles. The fourth-order valence-electron chi connectivity index (χ4n) is 0.587. The zero-order chi connectivity index (χ0) is 5.98. The number of benzene rings is 1. The van der Waals surface area contributed by atoms with E-state index in [1.165, 1.54) is 10.9 Å². The molecule has 1 atom stereocenters. The van der Waals surface area contributed by atoms with Crippen molar-refractivity contribution >= 4 is 14.5 Å². The predicted octanol–water partition coefficient (Wildman–Crippen LogP) is 1.66. The highest BCUT2D eigenvalue weighted by molar-refractivity contribution is 7.27. The first-order chi connectivity index (χ1) is 3.80. The maximum atomic E-state index is 2.69. The van der Waals surface area contributed by atoms with E-state index in [2.05, 4.69) is 28.3 Å². The van der Waals surface area contributed by atoms with E-state index in [1.54, 1.807) is 0 Å². The molecule has 1 aromatic rings. The molecule has 0 fully saturated rings. The Morgan fingerprint density at radius 1 is 1.22 bits per heavy atom. The van der Waals surface area contributed by atoms with Gasteiger partial charge in [-0.1, -0.05) is 24.3 Å². The van der Waals surface area contributed by atoms with E-state index in [0.717, 1.165) is 0 Å². The second-order valence-corrected chi connectivity index (χ2v) is 2.48. The van der Waals surface area contributed by atoms with Crippen LogP contribution in [-0.4, -0.2) is 0 Å². The van der Waals surface area contributed by atoms with Crippen LogP contribution in [0.1, 0.15) is 5.56 Å². The lowest BCUT2D eigenvalue weighted by Crippen LogP contribution is -1.92. The molecule has 1 unspecified atom stereocenters. The number of rotatable bonds is 0. The molecule has 0 aliphatic heterocycles. The molecular weight excluding hydrogens is 129 g/mol. The quantitative estimate of drug-likeness (QED) is 0.548. The Bertz CT molecular complexity index is 165. The van der Waals surface area contributed by atoms with E-state index >= 15 is 0 Å². The van der Waals surface area contributed by atoms with Gasteiger partial charge in [0.15, 0.2) is 0 Å². The molecule has 0 aliphatic rings. The third kappa shape index (κ3) is 2.13. The summed E-state index contributed by atoms with van der Waals surface area (Å²) in [5, 5.41) is 1.28. The van der Waals surface area contributed by atoms with Gasteiger partial charge in [-0.25, -0.2) is 0 Å². The van der Waals surface area contributed by atoms with Crippen LogP contribution in [-0.2, 0) is 0 Å². The van der Waals surface area contributed by atoms with Crippen LogP contribution >= 0.6 is 9.24 Å². The van der Waals surface area contributed by atoms with Crippen molar-refractivity contribution in [1.82, 2.24) is 6.15 Å². The highest BCUT2D eigenvalue weighted by Gasteiger charge is 1.84. The maximum absolute atomic E-state index is 2.69. The molecule has 50 valence electrons. The van der Waals surface area contributed by atoms with Gasteiger partial charge in [-0.05, 0) is 17.8 Å². The van der Waals surface area contributed by atoms with Crippen molar-refractivity contribution in [3.8, 4) is 0 Å². The Kier molecular flexibility index (Phi) is 3.44. The lowest BCUT2D eigenvalue weighted by Gasteiger charge is -1.93. The Labute approximate surface area is 58.3 Å². The Hall–Kier alpha value is -0.390. The standard InChI is InChI=1S/C7H9P.H3N/c1-6-4-2-3-5-7(6)8;/h2-5H,8H2,1H3;1H3.